The molecule has 14 heavy (non-hydrogen) atoms. The zero-order chi connectivity index (χ0) is 10.6. The van der Waals surface area contributed by atoms with Crippen LogP contribution in [0, 0.1) is 6.57 Å². The van der Waals surface area contributed by atoms with Crippen LogP contribution >= 0.6 is 0 Å². The summed E-state index contributed by atoms with van der Waals surface area (Å²) in [5, 5.41) is 0. The standard InChI is InChI=1S/C10H16N2O2/c1-8(2)14-10(13)12-6-4-9(11-3)5-7-12/h8-9H,4-7H2,1-2H3. The van der Waals surface area contributed by atoms with Gasteiger partial charge < -0.3 is 14.5 Å². The molecule has 0 atom stereocenters. The average molecular weight is 196 g/mol. The molecule has 78 valence electrons. The van der Waals surface area contributed by atoms with Crippen LogP contribution in [0.1, 0.15) is 26.7 Å². The van der Waals surface area contributed by atoms with Crippen LogP contribution in [0.4, 0.5) is 4.79 Å². The molecule has 0 saturated carbocycles. The van der Waals surface area contributed by atoms with Crippen molar-refractivity contribution in [3.8, 4) is 0 Å². The van der Waals surface area contributed by atoms with E-state index in [2.05, 4.69) is 4.85 Å². The van der Waals surface area contributed by atoms with Gasteiger partial charge in [-0.2, -0.15) is 0 Å². The van der Waals surface area contributed by atoms with Crippen LogP contribution in [0.3, 0.4) is 0 Å². The molecule has 0 aliphatic carbocycles. The molecule has 0 aromatic carbocycles. The van der Waals surface area contributed by atoms with Crippen LogP contribution in [0.15, 0.2) is 0 Å². The molecule has 0 N–H and O–H groups in total. The predicted octanol–water partition coefficient (Wildman–Crippen LogP) is 1.92. The van der Waals surface area contributed by atoms with Gasteiger partial charge in [-0.05, 0) is 13.8 Å². The summed E-state index contributed by atoms with van der Waals surface area (Å²) >= 11 is 0. The molecule has 1 rings (SSSR count). The average Bonchev–Trinajstić information content (AvgIpc) is 2.17. The first-order valence-corrected chi connectivity index (χ1v) is 4.95. The first-order chi connectivity index (χ1) is 6.63. The lowest BCUT2D eigenvalue weighted by Crippen LogP contribution is -2.40. The van der Waals surface area contributed by atoms with E-state index < -0.39 is 0 Å². The summed E-state index contributed by atoms with van der Waals surface area (Å²) in [5.41, 5.74) is 0. The maximum atomic E-state index is 11.4. The molecular formula is C10H16N2O2. The highest BCUT2D eigenvalue weighted by Crippen LogP contribution is 2.14. The van der Waals surface area contributed by atoms with E-state index >= 15 is 0 Å². The SMILES string of the molecule is [C-]#[N+]C1CCN(C(=O)OC(C)C)CC1. The Labute approximate surface area is 84.7 Å². The number of rotatable bonds is 1. The third-order valence-corrected chi connectivity index (χ3v) is 2.24. The fourth-order valence-corrected chi connectivity index (χ4v) is 1.45. The molecule has 0 unspecified atom stereocenters. The van der Waals surface area contributed by atoms with Gasteiger partial charge in [0, 0.05) is 25.9 Å². The molecular weight excluding hydrogens is 180 g/mol. The van der Waals surface area contributed by atoms with Gasteiger partial charge in [0.1, 0.15) is 0 Å². The molecule has 4 nitrogen and oxygen atoms in total. The first-order valence-electron chi connectivity index (χ1n) is 4.95. The van der Waals surface area contributed by atoms with Crippen molar-refractivity contribution in [3.63, 3.8) is 0 Å². The van der Waals surface area contributed by atoms with Gasteiger partial charge in [-0.3, -0.25) is 0 Å². The summed E-state index contributed by atoms with van der Waals surface area (Å²) in [6, 6.07) is 0.0955. The second-order valence-corrected chi connectivity index (χ2v) is 3.78. The van der Waals surface area contributed by atoms with Crippen molar-refractivity contribution in [2.75, 3.05) is 13.1 Å². The first kappa shape index (κ1) is 10.8. The smallest absolute Gasteiger partial charge is 0.410 e. The number of hydrogen-bond donors (Lipinski definition) is 0. The summed E-state index contributed by atoms with van der Waals surface area (Å²) in [7, 11) is 0. The van der Waals surface area contributed by atoms with E-state index in [-0.39, 0.29) is 18.2 Å². The van der Waals surface area contributed by atoms with Gasteiger partial charge in [-0.25, -0.2) is 11.4 Å². The third kappa shape index (κ3) is 2.91. The molecule has 0 aromatic rings. The highest BCUT2D eigenvalue weighted by Gasteiger charge is 2.26. The fraction of sp³-hybridized carbons (Fsp3) is 0.800. The van der Waals surface area contributed by atoms with Gasteiger partial charge in [0.15, 0.2) is 0 Å². The monoisotopic (exact) mass is 196 g/mol. The van der Waals surface area contributed by atoms with Crippen molar-refractivity contribution < 1.29 is 9.53 Å². The molecule has 4 heteroatoms. The molecule has 0 radical (unpaired) electrons. The van der Waals surface area contributed by atoms with E-state index in [1.165, 1.54) is 0 Å². The van der Waals surface area contributed by atoms with E-state index in [0.29, 0.717) is 13.1 Å². The minimum absolute atomic E-state index is 0.0684. The lowest BCUT2D eigenvalue weighted by molar-refractivity contribution is 0.0706. The number of piperidine rings is 1. The molecule has 0 aromatic heterocycles. The number of nitrogens with zero attached hydrogens (tertiary/aromatic N) is 2. The number of hydrogen-bond acceptors (Lipinski definition) is 2. The molecule has 1 saturated heterocycles. The Bertz CT molecular complexity index is 237. The summed E-state index contributed by atoms with van der Waals surface area (Å²) in [5.74, 6) is 0. The van der Waals surface area contributed by atoms with E-state index in [4.69, 9.17) is 11.3 Å². The molecule has 1 aliphatic heterocycles. The molecule has 1 fully saturated rings. The predicted molar refractivity (Wildman–Crippen MR) is 52.8 cm³/mol. The molecule has 0 bridgehead atoms. The van der Waals surface area contributed by atoms with Gasteiger partial charge >= 0.3 is 6.09 Å². The normalized spacial score (nSPS) is 18.0. The maximum absolute atomic E-state index is 11.4. The molecule has 1 aliphatic rings. The van der Waals surface area contributed by atoms with Crippen molar-refractivity contribution in [3.05, 3.63) is 11.4 Å². The summed E-state index contributed by atoms with van der Waals surface area (Å²) in [6.07, 6.45) is 1.23. The number of carbonyl (C=O) groups is 1. The molecule has 1 heterocycles. The Morgan fingerprint density at radius 3 is 2.50 bits per heavy atom. The molecule has 0 spiro atoms. The minimum Gasteiger partial charge on any atom is -0.447 e. The largest absolute Gasteiger partial charge is 0.447 e. The van der Waals surface area contributed by atoms with Crippen LogP contribution in [0.2, 0.25) is 0 Å². The lowest BCUT2D eigenvalue weighted by atomic mass is 10.1. The highest BCUT2D eigenvalue weighted by atomic mass is 16.6. The zero-order valence-electron chi connectivity index (χ0n) is 8.69. The van der Waals surface area contributed by atoms with E-state index in [0.717, 1.165) is 12.8 Å². The fourth-order valence-electron chi connectivity index (χ4n) is 1.45. The highest BCUT2D eigenvalue weighted by molar-refractivity contribution is 5.67. The Kier molecular flexibility index (Phi) is 3.75. The second-order valence-electron chi connectivity index (χ2n) is 3.78. The topological polar surface area (TPSA) is 33.9 Å². The van der Waals surface area contributed by atoms with Crippen molar-refractivity contribution in [1.29, 1.82) is 0 Å². The van der Waals surface area contributed by atoms with E-state index in [1.54, 1.807) is 4.90 Å². The van der Waals surface area contributed by atoms with Gasteiger partial charge in [-0.15, -0.1) is 0 Å². The Balaban J connectivity index is 2.35. The number of likely N-dealkylation sites (tertiary alicyclic amines) is 1. The van der Waals surface area contributed by atoms with Crippen LogP contribution in [0.5, 0.6) is 0 Å². The van der Waals surface area contributed by atoms with Crippen LogP contribution in [-0.2, 0) is 4.74 Å². The molecule has 1 amide bonds. The van der Waals surface area contributed by atoms with E-state index in [9.17, 15) is 4.79 Å². The van der Waals surface area contributed by atoms with Gasteiger partial charge in [0.05, 0.1) is 6.10 Å². The number of ether oxygens (including phenoxy) is 1. The third-order valence-electron chi connectivity index (χ3n) is 2.24. The summed E-state index contributed by atoms with van der Waals surface area (Å²) in [6.45, 7) is 11.9. The van der Waals surface area contributed by atoms with Crippen LogP contribution in [0.25, 0.3) is 4.85 Å². The van der Waals surface area contributed by atoms with Gasteiger partial charge in [-0.1, -0.05) is 0 Å². The van der Waals surface area contributed by atoms with Crippen LogP contribution < -0.4 is 0 Å². The lowest BCUT2D eigenvalue weighted by Gasteiger charge is -2.27. The summed E-state index contributed by atoms with van der Waals surface area (Å²) < 4.78 is 5.07. The van der Waals surface area contributed by atoms with Crippen molar-refractivity contribution >= 4 is 6.09 Å². The number of carbonyl (C=O) groups excluding carboxylic acids is 1. The van der Waals surface area contributed by atoms with Crippen molar-refractivity contribution in [2.45, 2.75) is 38.8 Å². The van der Waals surface area contributed by atoms with E-state index in [1.807, 2.05) is 13.8 Å². The Hall–Kier alpha value is -1.24. The number of amides is 1. The van der Waals surface area contributed by atoms with Crippen LogP contribution in [-0.4, -0.2) is 36.2 Å². The summed E-state index contributed by atoms with van der Waals surface area (Å²) in [4.78, 5) is 16.6. The zero-order valence-corrected chi connectivity index (χ0v) is 8.69. The van der Waals surface area contributed by atoms with Gasteiger partial charge in [0.25, 0.3) is 0 Å². The van der Waals surface area contributed by atoms with Gasteiger partial charge in [0.2, 0.25) is 6.04 Å². The maximum Gasteiger partial charge on any atom is 0.410 e. The quantitative estimate of drug-likeness (QED) is 0.600. The minimum atomic E-state index is -0.247. The van der Waals surface area contributed by atoms with Crippen molar-refractivity contribution in [2.24, 2.45) is 0 Å². The van der Waals surface area contributed by atoms with Crippen molar-refractivity contribution in [1.82, 2.24) is 4.90 Å². The Morgan fingerprint density at radius 1 is 1.50 bits per heavy atom. The Morgan fingerprint density at radius 2 is 2.07 bits per heavy atom. The second kappa shape index (κ2) is 4.85.